The maximum atomic E-state index is 3.49. The number of hydrogen-bond donors (Lipinski definition) is 1. The van der Waals surface area contributed by atoms with Crippen LogP contribution in [0, 0.1) is 11.3 Å². The zero-order valence-corrected chi connectivity index (χ0v) is 11.6. The van der Waals surface area contributed by atoms with E-state index in [1.165, 1.54) is 58.3 Å². The largest absolute Gasteiger partial charge is 0.316 e. The van der Waals surface area contributed by atoms with Gasteiger partial charge in [0.1, 0.15) is 0 Å². The molecule has 1 saturated heterocycles. The van der Waals surface area contributed by atoms with Gasteiger partial charge in [0.15, 0.2) is 0 Å². The molecule has 96 valence electrons. The van der Waals surface area contributed by atoms with Gasteiger partial charge in [-0.15, -0.1) is 12.4 Å². The normalized spacial score (nSPS) is 30.9. The van der Waals surface area contributed by atoms with E-state index in [2.05, 4.69) is 24.2 Å². The number of nitrogens with one attached hydrogen (secondary N) is 1. The lowest BCUT2D eigenvalue weighted by Crippen LogP contribution is -2.37. The SMILES string of the molecule is CN(CC1CCCC1)CC1(C)CCNC1.Cl. The van der Waals surface area contributed by atoms with Gasteiger partial charge in [0.25, 0.3) is 0 Å². The lowest BCUT2D eigenvalue weighted by molar-refractivity contribution is 0.186. The molecule has 0 spiro atoms. The van der Waals surface area contributed by atoms with E-state index in [9.17, 15) is 0 Å². The van der Waals surface area contributed by atoms with Gasteiger partial charge < -0.3 is 10.2 Å². The topological polar surface area (TPSA) is 15.3 Å². The third kappa shape index (κ3) is 3.90. The molecule has 1 unspecified atom stereocenters. The van der Waals surface area contributed by atoms with E-state index in [4.69, 9.17) is 0 Å². The molecule has 3 heteroatoms. The van der Waals surface area contributed by atoms with E-state index in [1.54, 1.807) is 0 Å². The average Bonchev–Trinajstić information content (AvgIpc) is 2.76. The van der Waals surface area contributed by atoms with Crippen LogP contribution in [0.5, 0.6) is 0 Å². The maximum absolute atomic E-state index is 3.49. The van der Waals surface area contributed by atoms with Gasteiger partial charge in [-0.2, -0.15) is 0 Å². The Kier molecular flexibility index (Phi) is 5.55. The molecule has 2 fully saturated rings. The Bertz CT molecular complexity index is 196. The Morgan fingerprint density at radius 2 is 2.00 bits per heavy atom. The number of nitrogens with zero attached hydrogens (tertiary/aromatic N) is 1. The second kappa shape index (κ2) is 6.23. The van der Waals surface area contributed by atoms with Crippen molar-refractivity contribution in [1.29, 1.82) is 0 Å². The highest BCUT2D eigenvalue weighted by atomic mass is 35.5. The van der Waals surface area contributed by atoms with Crippen LogP contribution in [0.25, 0.3) is 0 Å². The van der Waals surface area contributed by atoms with Crippen LogP contribution >= 0.6 is 12.4 Å². The van der Waals surface area contributed by atoms with Crippen LogP contribution in [0.2, 0.25) is 0 Å². The summed E-state index contributed by atoms with van der Waals surface area (Å²) >= 11 is 0. The molecule has 16 heavy (non-hydrogen) atoms. The molecule has 0 bridgehead atoms. The summed E-state index contributed by atoms with van der Waals surface area (Å²) in [6.45, 7) is 7.46. The first kappa shape index (κ1) is 14.3. The molecule has 2 rings (SSSR count). The van der Waals surface area contributed by atoms with Crippen molar-refractivity contribution in [1.82, 2.24) is 10.2 Å². The van der Waals surface area contributed by atoms with Crippen molar-refractivity contribution in [3.63, 3.8) is 0 Å². The third-order valence-corrected chi connectivity index (χ3v) is 4.15. The Labute approximate surface area is 107 Å². The quantitative estimate of drug-likeness (QED) is 0.820. The van der Waals surface area contributed by atoms with Gasteiger partial charge in [0.05, 0.1) is 0 Å². The van der Waals surface area contributed by atoms with E-state index in [-0.39, 0.29) is 12.4 Å². The fraction of sp³-hybridized carbons (Fsp3) is 1.00. The molecule has 1 aliphatic heterocycles. The minimum Gasteiger partial charge on any atom is -0.316 e. The Morgan fingerprint density at radius 1 is 1.31 bits per heavy atom. The van der Waals surface area contributed by atoms with Crippen molar-refractivity contribution in [2.24, 2.45) is 11.3 Å². The summed E-state index contributed by atoms with van der Waals surface area (Å²) in [7, 11) is 2.31. The minimum absolute atomic E-state index is 0. The fourth-order valence-corrected chi connectivity index (χ4v) is 3.35. The standard InChI is InChI=1S/C13H26N2.ClH/c1-13(7-8-14-10-13)11-15(2)9-12-5-3-4-6-12;/h12,14H,3-11H2,1-2H3;1H. The zero-order chi connectivity index (χ0) is 10.7. The molecule has 2 nitrogen and oxygen atoms in total. The highest BCUT2D eigenvalue weighted by molar-refractivity contribution is 5.85. The van der Waals surface area contributed by atoms with Crippen LogP contribution in [0.15, 0.2) is 0 Å². The molecule has 0 amide bonds. The summed E-state index contributed by atoms with van der Waals surface area (Å²) in [5.74, 6) is 0.993. The first-order valence-corrected chi connectivity index (χ1v) is 6.57. The van der Waals surface area contributed by atoms with Crippen LogP contribution in [-0.2, 0) is 0 Å². The second-order valence-electron chi connectivity index (χ2n) is 6.08. The first-order chi connectivity index (χ1) is 7.18. The summed E-state index contributed by atoms with van der Waals surface area (Å²) in [5, 5.41) is 3.49. The van der Waals surface area contributed by atoms with Crippen molar-refractivity contribution in [2.75, 3.05) is 33.2 Å². The summed E-state index contributed by atoms with van der Waals surface area (Å²) in [4.78, 5) is 2.57. The molecular weight excluding hydrogens is 220 g/mol. The first-order valence-electron chi connectivity index (χ1n) is 6.57. The molecule has 0 aromatic rings. The average molecular weight is 247 g/mol. The highest BCUT2D eigenvalue weighted by Gasteiger charge is 2.30. The maximum Gasteiger partial charge on any atom is 0.00450 e. The molecule has 1 aliphatic carbocycles. The van der Waals surface area contributed by atoms with E-state index in [0.29, 0.717) is 5.41 Å². The molecule has 0 radical (unpaired) electrons. The van der Waals surface area contributed by atoms with Gasteiger partial charge in [0.2, 0.25) is 0 Å². The van der Waals surface area contributed by atoms with E-state index >= 15 is 0 Å². The summed E-state index contributed by atoms with van der Waals surface area (Å²) < 4.78 is 0. The molecule has 0 aromatic heterocycles. The van der Waals surface area contributed by atoms with Crippen LogP contribution in [0.1, 0.15) is 39.0 Å². The number of halogens is 1. The summed E-state index contributed by atoms with van der Waals surface area (Å²) in [6.07, 6.45) is 7.23. The summed E-state index contributed by atoms with van der Waals surface area (Å²) in [5.41, 5.74) is 0.535. The highest BCUT2D eigenvalue weighted by Crippen LogP contribution is 2.28. The van der Waals surface area contributed by atoms with E-state index < -0.39 is 0 Å². The monoisotopic (exact) mass is 246 g/mol. The predicted molar refractivity (Wildman–Crippen MR) is 72.3 cm³/mol. The van der Waals surface area contributed by atoms with Gasteiger partial charge in [-0.1, -0.05) is 19.8 Å². The third-order valence-electron chi connectivity index (χ3n) is 4.15. The summed E-state index contributed by atoms with van der Waals surface area (Å²) in [6, 6.07) is 0. The molecule has 0 aromatic carbocycles. The minimum atomic E-state index is 0. The molecule has 1 atom stereocenters. The molecule has 1 saturated carbocycles. The Hall–Kier alpha value is 0.210. The van der Waals surface area contributed by atoms with Gasteiger partial charge in [0, 0.05) is 19.6 Å². The number of rotatable bonds is 4. The van der Waals surface area contributed by atoms with Crippen molar-refractivity contribution < 1.29 is 0 Å². The molecular formula is C13H27ClN2. The predicted octanol–water partition coefficient (Wildman–Crippen LogP) is 2.53. The Balaban J connectivity index is 0.00000128. The van der Waals surface area contributed by atoms with Crippen LogP contribution in [0.4, 0.5) is 0 Å². The van der Waals surface area contributed by atoms with E-state index in [0.717, 1.165) is 5.92 Å². The lowest BCUT2D eigenvalue weighted by Gasteiger charge is -2.30. The molecule has 2 aliphatic rings. The van der Waals surface area contributed by atoms with Crippen molar-refractivity contribution in [2.45, 2.75) is 39.0 Å². The second-order valence-corrected chi connectivity index (χ2v) is 6.08. The van der Waals surface area contributed by atoms with Crippen LogP contribution < -0.4 is 5.32 Å². The lowest BCUT2D eigenvalue weighted by atomic mass is 9.89. The van der Waals surface area contributed by atoms with Crippen molar-refractivity contribution >= 4 is 12.4 Å². The molecule has 1 heterocycles. The van der Waals surface area contributed by atoms with Crippen molar-refractivity contribution in [3.05, 3.63) is 0 Å². The smallest absolute Gasteiger partial charge is 0.00450 e. The fourth-order valence-electron chi connectivity index (χ4n) is 3.35. The van der Waals surface area contributed by atoms with Gasteiger partial charge in [-0.05, 0) is 44.2 Å². The van der Waals surface area contributed by atoms with Gasteiger partial charge >= 0.3 is 0 Å². The Morgan fingerprint density at radius 3 is 2.56 bits per heavy atom. The van der Waals surface area contributed by atoms with E-state index in [1.807, 2.05) is 0 Å². The number of hydrogen-bond acceptors (Lipinski definition) is 2. The van der Waals surface area contributed by atoms with Crippen molar-refractivity contribution in [3.8, 4) is 0 Å². The van der Waals surface area contributed by atoms with Crippen LogP contribution in [-0.4, -0.2) is 38.1 Å². The van der Waals surface area contributed by atoms with Gasteiger partial charge in [-0.25, -0.2) is 0 Å². The molecule has 1 N–H and O–H groups in total. The van der Waals surface area contributed by atoms with Gasteiger partial charge in [-0.3, -0.25) is 0 Å². The zero-order valence-electron chi connectivity index (χ0n) is 10.8. The van der Waals surface area contributed by atoms with Crippen LogP contribution in [0.3, 0.4) is 0 Å².